The number of rotatable bonds is 2. The summed E-state index contributed by atoms with van der Waals surface area (Å²) >= 11 is 0. The van der Waals surface area contributed by atoms with Crippen LogP contribution in [0.5, 0.6) is 0 Å². The summed E-state index contributed by atoms with van der Waals surface area (Å²) in [6.45, 7) is 0. The van der Waals surface area contributed by atoms with Crippen LogP contribution in [0.2, 0.25) is 0 Å². The molecule has 0 radical (unpaired) electrons. The molecule has 4 aromatic carbocycles. The van der Waals surface area contributed by atoms with E-state index in [-0.39, 0.29) is 0 Å². The molecule has 0 unspecified atom stereocenters. The average Bonchev–Trinajstić information content (AvgIpc) is 2.88. The van der Waals surface area contributed by atoms with Crippen molar-refractivity contribution >= 4 is 0 Å². The summed E-state index contributed by atoms with van der Waals surface area (Å²) in [6.07, 6.45) is 10.1. The van der Waals surface area contributed by atoms with E-state index >= 15 is 0 Å². The first-order valence-electron chi connectivity index (χ1n) is 10.0. The van der Waals surface area contributed by atoms with Crippen molar-refractivity contribution in [3.8, 4) is 70.6 Å². The minimum Gasteiger partial charge on any atom is -0.106 e. The second-order valence-corrected chi connectivity index (χ2v) is 6.68. The van der Waals surface area contributed by atoms with Gasteiger partial charge in [-0.25, -0.2) is 0 Å². The van der Waals surface area contributed by atoms with Gasteiger partial charge in [-0.1, -0.05) is 96.8 Å². The molecule has 0 aliphatic carbocycles. The van der Waals surface area contributed by atoms with Gasteiger partial charge in [-0.05, 0) is 70.2 Å². The Morgan fingerprint density at radius 2 is 0.688 bits per heavy atom. The molecular weight excluding hydrogens is 384 g/mol. The zero-order chi connectivity index (χ0) is 22.4. The van der Waals surface area contributed by atoms with Gasteiger partial charge in [0.2, 0.25) is 0 Å². The monoisotopic (exact) mass is 404 g/mol. The molecule has 0 atom stereocenters. The molecule has 0 aliphatic rings. The highest BCUT2D eigenvalue weighted by atomic mass is 14.0. The van der Waals surface area contributed by atoms with Crippen molar-refractivity contribution in [2.75, 3.05) is 0 Å². The second-order valence-electron chi connectivity index (χ2n) is 6.68. The normalized spacial score (nSPS) is 8.69. The summed E-state index contributed by atoms with van der Waals surface area (Å²) < 4.78 is 0. The molecule has 4 rings (SSSR count). The SMILES string of the molecule is C#CC#Cc1ccc(-c2ccccc2)cc1.C#CC#Cc1ccc(-c2ccccc2)cc1. The highest BCUT2D eigenvalue weighted by Gasteiger charge is 1.96. The van der Waals surface area contributed by atoms with Gasteiger partial charge in [0.25, 0.3) is 0 Å². The van der Waals surface area contributed by atoms with Crippen LogP contribution < -0.4 is 0 Å². The summed E-state index contributed by atoms with van der Waals surface area (Å²) in [5, 5.41) is 0. The van der Waals surface area contributed by atoms with Crippen LogP contribution in [0.1, 0.15) is 11.1 Å². The quantitative estimate of drug-likeness (QED) is 0.327. The fraction of sp³-hybridized carbons (Fsp3) is 0. The molecule has 0 N–H and O–H groups in total. The molecule has 4 aromatic rings. The van der Waals surface area contributed by atoms with E-state index in [1.54, 1.807) is 0 Å². The van der Waals surface area contributed by atoms with Gasteiger partial charge in [-0.15, -0.1) is 12.8 Å². The Kier molecular flexibility index (Phi) is 8.16. The van der Waals surface area contributed by atoms with E-state index in [1.165, 1.54) is 22.3 Å². The molecular formula is C32H20. The van der Waals surface area contributed by atoms with Crippen LogP contribution >= 0.6 is 0 Å². The molecule has 0 nitrogen and oxygen atoms in total. The van der Waals surface area contributed by atoms with Crippen molar-refractivity contribution < 1.29 is 0 Å². The first kappa shape index (κ1) is 21.8. The Labute approximate surface area is 191 Å². The second kappa shape index (κ2) is 12.0. The largest absolute Gasteiger partial charge is 0.106 e. The maximum atomic E-state index is 5.07. The average molecular weight is 405 g/mol. The summed E-state index contributed by atoms with van der Waals surface area (Å²) in [5.74, 6) is 15.6. The predicted molar refractivity (Wildman–Crippen MR) is 135 cm³/mol. The molecule has 0 saturated heterocycles. The Morgan fingerprint density at radius 1 is 0.375 bits per heavy atom. The van der Waals surface area contributed by atoms with Crippen LogP contribution in [-0.2, 0) is 0 Å². The lowest BCUT2D eigenvalue weighted by atomic mass is 10.0. The lowest BCUT2D eigenvalue weighted by molar-refractivity contribution is 1.59. The molecule has 0 heterocycles. The van der Waals surface area contributed by atoms with Gasteiger partial charge in [0.1, 0.15) is 0 Å². The van der Waals surface area contributed by atoms with Crippen molar-refractivity contribution in [2.24, 2.45) is 0 Å². The minimum absolute atomic E-state index is 0.942. The Bertz CT molecular complexity index is 1230. The van der Waals surface area contributed by atoms with Gasteiger partial charge in [0.15, 0.2) is 0 Å². The van der Waals surface area contributed by atoms with E-state index < -0.39 is 0 Å². The van der Waals surface area contributed by atoms with Crippen molar-refractivity contribution in [2.45, 2.75) is 0 Å². The van der Waals surface area contributed by atoms with Gasteiger partial charge in [-0.3, -0.25) is 0 Å². The third kappa shape index (κ3) is 6.58. The third-order valence-electron chi connectivity index (χ3n) is 4.54. The van der Waals surface area contributed by atoms with Crippen molar-refractivity contribution in [1.29, 1.82) is 0 Å². The van der Waals surface area contributed by atoms with E-state index in [0.29, 0.717) is 0 Å². The van der Waals surface area contributed by atoms with Crippen LogP contribution in [-0.4, -0.2) is 0 Å². The number of hydrogen-bond acceptors (Lipinski definition) is 0. The van der Waals surface area contributed by atoms with Crippen LogP contribution in [0.4, 0.5) is 0 Å². The predicted octanol–water partition coefficient (Wildman–Crippen LogP) is 6.68. The Hall–Kier alpha value is -4.88. The molecule has 0 heteroatoms. The molecule has 0 saturated carbocycles. The van der Waals surface area contributed by atoms with Gasteiger partial charge in [-0.2, -0.15) is 0 Å². The maximum absolute atomic E-state index is 5.07. The van der Waals surface area contributed by atoms with E-state index in [9.17, 15) is 0 Å². The van der Waals surface area contributed by atoms with Gasteiger partial charge in [0.05, 0.1) is 0 Å². The summed E-state index contributed by atoms with van der Waals surface area (Å²) in [4.78, 5) is 0. The maximum Gasteiger partial charge on any atom is 0.0255 e. The molecule has 32 heavy (non-hydrogen) atoms. The fourth-order valence-electron chi connectivity index (χ4n) is 2.97. The van der Waals surface area contributed by atoms with Crippen molar-refractivity contribution in [3.05, 3.63) is 120 Å². The van der Waals surface area contributed by atoms with Crippen LogP contribution in [0.25, 0.3) is 22.3 Å². The molecule has 0 fully saturated rings. The summed E-state index contributed by atoms with van der Waals surface area (Å²) in [7, 11) is 0. The number of benzene rings is 4. The van der Waals surface area contributed by atoms with Crippen molar-refractivity contribution in [1.82, 2.24) is 0 Å². The van der Waals surface area contributed by atoms with E-state index in [0.717, 1.165) is 11.1 Å². The first-order valence-corrected chi connectivity index (χ1v) is 10.0. The van der Waals surface area contributed by atoms with E-state index in [4.69, 9.17) is 12.8 Å². The third-order valence-corrected chi connectivity index (χ3v) is 4.54. The minimum atomic E-state index is 0.942. The van der Waals surface area contributed by atoms with Crippen LogP contribution in [0, 0.1) is 48.4 Å². The first-order chi connectivity index (χ1) is 15.8. The Morgan fingerprint density at radius 3 is 1.00 bits per heavy atom. The van der Waals surface area contributed by atoms with Crippen LogP contribution in [0.15, 0.2) is 109 Å². The summed E-state index contributed by atoms with van der Waals surface area (Å²) in [6, 6.07) is 36.6. The number of terminal acetylenes is 2. The van der Waals surface area contributed by atoms with Crippen LogP contribution in [0.3, 0.4) is 0 Å². The van der Waals surface area contributed by atoms with Gasteiger partial charge >= 0.3 is 0 Å². The molecule has 0 aliphatic heterocycles. The zero-order valence-corrected chi connectivity index (χ0v) is 17.5. The standard InChI is InChI=1S/2C16H10/c2*1-2-3-7-14-10-12-16(13-11-14)15-8-5-4-6-9-15/h2*1,4-6,8-13H. The Balaban J connectivity index is 0.000000181. The topological polar surface area (TPSA) is 0 Å². The lowest BCUT2D eigenvalue weighted by Crippen LogP contribution is -1.78. The highest BCUT2D eigenvalue weighted by molar-refractivity contribution is 5.65. The zero-order valence-electron chi connectivity index (χ0n) is 17.5. The fourth-order valence-corrected chi connectivity index (χ4v) is 2.97. The van der Waals surface area contributed by atoms with Gasteiger partial charge in [0, 0.05) is 11.1 Å². The lowest BCUT2D eigenvalue weighted by Gasteiger charge is -2.00. The highest BCUT2D eigenvalue weighted by Crippen LogP contribution is 2.19. The smallest absolute Gasteiger partial charge is 0.0255 e. The van der Waals surface area contributed by atoms with E-state index in [1.807, 2.05) is 60.7 Å². The van der Waals surface area contributed by atoms with Gasteiger partial charge < -0.3 is 0 Å². The molecule has 0 aromatic heterocycles. The molecule has 0 amide bonds. The van der Waals surface area contributed by atoms with Crippen molar-refractivity contribution in [3.63, 3.8) is 0 Å². The molecule has 0 bridgehead atoms. The molecule has 148 valence electrons. The summed E-state index contributed by atoms with van der Waals surface area (Å²) in [5.41, 5.74) is 6.67. The number of hydrogen-bond donors (Lipinski definition) is 0. The van der Waals surface area contributed by atoms with E-state index in [2.05, 4.69) is 84.1 Å². The molecule has 0 spiro atoms.